The van der Waals surface area contributed by atoms with Crippen molar-refractivity contribution >= 4 is 48.1 Å². The summed E-state index contributed by atoms with van der Waals surface area (Å²) in [5.74, 6) is -1.23. The molecule has 0 bridgehead atoms. The number of nitrogens with zero attached hydrogens (tertiary/aromatic N) is 4. The fourth-order valence-corrected chi connectivity index (χ4v) is 10.9. The van der Waals surface area contributed by atoms with Gasteiger partial charge in [-0.3, -0.25) is 19.2 Å². The van der Waals surface area contributed by atoms with Gasteiger partial charge in [-0.05, 0) is 60.8 Å². The van der Waals surface area contributed by atoms with Crippen molar-refractivity contribution in [1.82, 2.24) is 15.0 Å². The van der Waals surface area contributed by atoms with Crippen LogP contribution in [-0.4, -0.2) is 53.0 Å². The summed E-state index contributed by atoms with van der Waals surface area (Å²) in [6.45, 7) is 5.55. The maximum absolute atomic E-state index is 16.3. The molecular weight excluding hydrogens is 626 g/mol. The number of aliphatic hydroxyl groups excluding tert-OH is 1. The molecular formula is C37H36FN5O4Si. The minimum atomic E-state index is -3.37. The lowest BCUT2D eigenvalue weighted by atomic mass is 9.82. The van der Waals surface area contributed by atoms with Crippen LogP contribution in [0, 0.1) is 5.92 Å². The van der Waals surface area contributed by atoms with E-state index in [2.05, 4.69) is 15.6 Å². The van der Waals surface area contributed by atoms with Gasteiger partial charge in [-0.1, -0.05) is 66.7 Å². The quantitative estimate of drug-likeness (QED) is 0.142. The lowest BCUT2D eigenvalue weighted by Gasteiger charge is -2.31. The van der Waals surface area contributed by atoms with Gasteiger partial charge in [-0.2, -0.15) is 0 Å². The van der Waals surface area contributed by atoms with E-state index in [-0.39, 0.29) is 24.3 Å². The number of fused-ring (bicyclic) bond motifs is 2. The van der Waals surface area contributed by atoms with E-state index < -0.39 is 31.6 Å². The van der Waals surface area contributed by atoms with Gasteiger partial charge in [0, 0.05) is 46.5 Å². The molecule has 11 heteroatoms. The molecule has 9 nitrogen and oxygen atoms in total. The highest BCUT2D eigenvalue weighted by Gasteiger charge is 2.65. The molecule has 2 N–H and O–H groups in total. The molecule has 4 aromatic carbocycles. The molecule has 0 saturated carbocycles. The molecule has 1 spiro atoms. The average Bonchev–Trinajstić information content (AvgIpc) is 3.81. The molecule has 1 saturated heterocycles. The lowest BCUT2D eigenvalue weighted by Crippen LogP contribution is -2.42. The Morgan fingerprint density at radius 1 is 1.04 bits per heavy atom. The molecule has 244 valence electrons. The first-order chi connectivity index (χ1) is 23.1. The van der Waals surface area contributed by atoms with Crippen LogP contribution in [0.1, 0.15) is 46.4 Å². The molecule has 0 radical (unpaired) electrons. The average molecular weight is 662 g/mol. The molecule has 3 aliphatic rings. The van der Waals surface area contributed by atoms with Crippen molar-refractivity contribution in [1.29, 1.82) is 0 Å². The number of aliphatic hydroxyl groups is 1. The Morgan fingerprint density at radius 2 is 1.81 bits per heavy atom. The van der Waals surface area contributed by atoms with Crippen LogP contribution < -0.4 is 10.2 Å². The van der Waals surface area contributed by atoms with Crippen LogP contribution in [0.15, 0.2) is 91.1 Å². The molecule has 1 unspecified atom stereocenters. The summed E-state index contributed by atoms with van der Waals surface area (Å²) >= 11 is 0. The predicted molar refractivity (Wildman–Crippen MR) is 184 cm³/mol. The number of ether oxygens (including phenoxy) is 1. The number of nitrogens with one attached hydrogen (secondary N) is 1. The first-order valence-corrected chi connectivity index (χ1v) is 19.3. The van der Waals surface area contributed by atoms with Crippen molar-refractivity contribution < 1.29 is 23.5 Å². The molecule has 1 fully saturated rings. The van der Waals surface area contributed by atoms with E-state index in [1.807, 2.05) is 98.0 Å². The van der Waals surface area contributed by atoms with E-state index in [1.165, 1.54) is 0 Å². The van der Waals surface area contributed by atoms with E-state index in [1.54, 1.807) is 22.7 Å². The van der Waals surface area contributed by atoms with Gasteiger partial charge in [0.05, 0.1) is 35.6 Å². The van der Waals surface area contributed by atoms with Gasteiger partial charge in [-0.25, -0.2) is 0 Å². The van der Waals surface area contributed by atoms with Crippen LogP contribution in [0.5, 0.6) is 0 Å². The van der Waals surface area contributed by atoms with Crippen molar-refractivity contribution in [3.05, 3.63) is 114 Å². The van der Waals surface area contributed by atoms with Gasteiger partial charge in [0.15, 0.2) is 5.60 Å². The Hall–Kier alpha value is -4.71. The standard InChI is InChI=1S/C37H36FN5O4Si/c1-22-34(48(2,3)38)32(17-18-42-20-30(40-41-42)27(21-44)23-9-5-4-6-10-23)47-37(22)28-19-25(15-16-29(28)39-36(37)46)43-31-14-8-12-24-11-7-13-26(33(24)31)35(43)45/h4-16,19-20,22,27,32,34,44H,17-18,21H2,1-3H3,(H,39,46)/t22-,27?,32+,34-,37+/m1/s1. The maximum atomic E-state index is 16.3. The third-order valence-electron chi connectivity index (χ3n) is 10.5. The molecule has 1 aromatic heterocycles. The zero-order chi connectivity index (χ0) is 33.4. The second-order valence-corrected chi connectivity index (χ2v) is 17.4. The normalized spacial score (nSPS) is 23.7. The molecule has 5 aromatic rings. The molecule has 0 aliphatic carbocycles. The number of halogens is 1. The lowest BCUT2D eigenvalue weighted by molar-refractivity contribution is -0.143. The van der Waals surface area contributed by atoms with Gasteiger partial charge in [-0.15, -0.1) is 5.10 Å². The number of amides is 2. The van der Waals surface area contributed by atoms with E-state index >= 15 is 4.11 Å². The van der Waals surface area contributed by atoms with E-state index in [0.717, 1.165) is 22.0 Å². The Morgan fingerprint density at radius 3 is 2.56 bits per heavy atom. The fourth-order valence-electron chi connectivity index (χ4n) is 8.33. The number of hydrogen-bond donors (Lipinski definition) is 2. The van der Waals surface area contributed by atoms with Crippen LogP contribution in [0.4, 0.5) is 21.2 Å². The summed E-state index contributed by atoms with van der Waals surface area (Å²) in [5.41, 5.74) is 2.95. The number of hydrogen-bond acceptors (Lipinski definition) is 6. The summed E-state index contributed by atoms with van der Waals surface area (Å²) in [5, 5.41) is 23.7. The third kappa shape index (κ3) is 4.56. The van der Waals surface area contributed by atoms with Crippen LogP contribution in [-0.2, 0) is 21.7 Å². The summed E-state index contributed by atoms with van der Waals surface area (Å²) in [4.78, 5) is 29.4. The van der Waals surface area contributed by atoms with E-state index in [0.29, 0.717) is 41.2 Å². The van der Waals surface area contributed by atoms with Crippen LogP contribution in [0.25, 0.3) is 10.8 Å². The number of carbonyl (C=O) groups is 2. The number of rotatable bonds is 8. The van der Waals surface area contributed by atoms with Crippen molar-refractivity contribution in [2.75, 3.05) is 16.8 Å². The Kier molecular flexibility index (Phi) is 7.13. The van der Waals surface area contributed by atoms with Crippen LogP contribution in [0.3, 0.4) is 0 Å². The smallest absolute Gasteiger partial charge is 0.263 e. The zero-order valence-electron chi connectivity index (χ0n) is 26.9. The largest absolute Gasteiger partial charge is 0.395 e. The molecule has 2 amide bonds. The monoisotopic (exact) mass is 661 g/mol. The number of aromatic nitrogens is 3. The van der Waals surface area contributed by atoms with Gasteiger partial charge in [0.1, 0.15) is 0 Å². The maximum Gasteiger partial charge on any atom is 0.263 e. The summed E-state index contributed by atoms with van der Waals surface area (Å²) in [6, 6.07) is 26.7. The van der Waals surface area contributed by atoms with Crippen molar-refractivity contribution in [2.24, 2.45) is 5.92 Å². The number of anilines is 3. The minimum Gasteiger partial charge on any atom is -0.395 e. The number of aryl methyl sites for hydroxylation is 1. The molecule has 48 heavy (non-hydrogen) atoms. The van der Waals surface area contributed by atoms with E-state index in [9.17, 15) is 14.7 Å². The summed E-state index contributed by atoms with van der Waals surface area (Å²) < 4.78 is 24.8. The first-order valence-electron chi connectivity index (χ1n) is 16.4. The highest BCUT2D eigenvalue weighted by Crippen LogP contribution is 2.59. The topological polar surface area (TPSA) is 110 Å². The zero-order valence-corrected chi connectivity index (χ0v) is 27.9. The predicted octanol–water partition coefficient (Wildman–Crippen LogP) is 6.66. The third-order valence-corrected chi connectivity index (χ3v) is 12.9. The van der Waals surface area contributed by atoms with Gasteiger partial charge in [0.2, 0.25) is 8.41 Å². The van der Waals surface area contributed by atoms with Crippen molar-refractivity contribution in [3.63, 3.8) is 0 Å². The molecule has 8 rings (SSSR count). The summed E-state index contributed by atoms with van der Waals surface area (Å²) in [6.07, 6.45) is 1.66. The van der Waals surface area contributed by atoms with Crippen molar-refractivity contribution in [2.45, 2.75) is 56.1 Å². The van der Waals surface area contributed by atoms with E-state index in [4.69, 9.17) is 4.74 Å². The highest BCUT2D eigenvalue weighted by molar-refractivity contribution is 6.72. The van der Waals surface area contributed by atoms with Crippen LogP contribution >= 0.6 is 0 Å². The van der Waals surface area contributed by atoms with Crippen molar-refractivity contribution in [3.8, 4) is 0 Å². The van der Waals surface area contributed by atoms with Gasteiger partial charge >= 0.3 is 0 Å². The Balaban J connectivity index is 1.11. The van der Waals surface area contributed by atoms with Gasteiger partial charge < -0.3 is 19.3 Å². The second kappa shape index (κ2) is 11.2. The number of benzene rings is 4. The first kappa shape index (κ1) is 30.6. The molecule has 4 heterocycles. The summed E-state index contributed by atoms with van der Waals surface area (Å²) in [7, 11) is -3.37. The molecule has 5 atom stereocenters. The second-order valence-electron chi connectivity index (χ2n) is 13.6. The Labute approximate surface area is 278 Å². The van der Waals surface area contributed by atoms with Gasteiger partial charge in [0.25, 0.3) is 11.8 Å². The Bertz CT molecular complexity index is 2080. The van der Waals surface area contributed by atoms with Crippen LogP contribution in [0.2, 0.25) is 18.6 Å². The molecule has 3 aliphatic heterocycles. The SMILES string of the molecule is C[C@@H]1[C@@H]([Si](C)(C)F)[C@H](CCn2cc(C(CO)c3ccccc3)nn2)O[C@@]12C(=O)Nc1ccc(N3C(=O)c4cccc5cccc3c45)cc12. The highest BCUT2D eigenvalue weighted by atomic mass is 28.4. The fraction of sp³-hybridized carbons (Fsp3) is 0.297. The number of carbonyl (C=O) groups excluding carboxylic acids is 2. The minimum absolute atomic E-state index is 0.112.